The Morgan fingerprint density at radius 3 is 2.67 bits per heavy atom. The number of carbonyl (C=O) groups is 1. The molecule has 0 bridgehead atoms. The lowest BCUT2D eigenvalue weighted by Crippen LogP contribution is -2.57. The van der Waals surface area contributed by atoms with Gasteiger partial charge in [0.25, 0.3) is 0 Å². The maximum Gasteiger partial charge on any atom is 0.228 e. The van der Waals surface area contributed by atoms with E-state index in [0.717, 1.165) is 43.9 Å². The van der Waals surface area contributed by atoms with E-state index in [9.17, 15) is 17.6 Å². The van der Waals surface area contributed by atoms with Gasteiger partial charge in [-0.25, -0.2) is 17.5 Å². The number of rotatable bonds is 7. The van der Waals surface area contributed by atoms with Gasteiger partial charge in [-0.15, -0.1) is 0 Å². The first-order valence-electron chi connectivity index (χ1n) is 12.0. The first-order valence-corrected chi connectivity index (χ1v) is 13.9. The number of benzene rings is 1. The quantitative estimate of drug-likeness (QED) is 0.646. The number of halogens is 1. The summed E-state index contributed by atoms with van der Waals surface area (Å²) in [6.45, 7) is 2.51. The highest BCUT2D eigenvalue weighted by Gasteiger charge is 2.37. The van der Waals surface area contributed by atoms with Crippen molar-refractivity contribution in [2.24, 2.45) is 11.8 Å². The molecule has 3 atom stereocenters. The third kappa shape index (κ3) is 6.74. The van der Waals surface area contributed by atoms with Crippen LogP contribution in [0.4, 0.5) is 4.39 Å². The second-order valence-corrected chi connectivity index (χ2v) is 11.6. The summed E-state index contributed by atoms with van der Waals surface area (Å²) in [6, 6.07) is 6.53. The molecular weight excluding hydrogens is 447 g/mol. The van der Waals surface area contributed by atoms with Crippen molar-refractivity contribution >= 4 is 15.9 Å². The van der Waals surface area contributed by atoms with Crippen LogP contribution >= 0.6 is 0 Å². The van der Waals surface area contributed by atoms with E-state index in [2.05, 4.69) is 4.72 Å². The van der Waals surface area contributed by atoms with Gasteiger partial charge in [0.1, 0.15) is 5.82 Å². The van der Waals surface area contributed by atoms with Gasteiger partial charge in [-0.2, -0.15) is 0 Å². The third-order valence-electron chi connectivity index (χ3n) is 7.23. The lowest BCUT2D eigenvalue weighted by molar-refractivity contribution is -0.140. The average molecular weight is 483 g/mol. The number of hydrogen-bond donors (Lipinski definition) is 1. The monoisotopic (exact) mass is 482 g/mol. The van der Waals surface area contributed by atoms with Crippen molar-refractivity contribution in [1.82, 2.24) is 9.62 Å². The standard InChI is InChI=1S/C24H35FN2O5S/c1-33(29,30)26-22-9-11-27(24(28)20-10-12-31-16-20)14-23(22)32-15-17-5-7-18(8-6-17)19-3-2-4-21(25)13-19/h2-4,13,17-18,20,22-23,26H,5-12,14-16H2,1H3/t17?,18?,20-,22-,23+/m0/s1. The molecule has 9 heteroatoms. The van der Waals surface area contributed by atoms with E-state index in [1.54, 1.807) is 12.1 Å². The molecule has 3 aliphatic rings. The zero-order valence-electron chi connectivity index (χ0n) is 19.2. The number of nitrogens with one attached hydrogen (secondary N) is 1. The molecule has 1 aromatic rings. The second-order valence-electron chi connectivity index (χ2n) is 9.77. The van der Waals surface area contributed by atoms with Gasteiger partial charge in [-0.05, 0) is 68.1 Å². The molecule has 0 radical (unpaired) electrons. The lowest BCUT2D eigenvalue weighted by Gasteiger charge is -2.40. The van der Waals surface area contributed by atoms with Crippen molar-refractivity contribution in [3.63, 3.8) is 0 Å². The summed E-state index contributed by atoms with van der Waals surface area (Å²) in [6.07, 6.45) is 5.99. The van der Waals surface area contributed by atoms with Crippen LogP contribution in [-0.2, 0) is 24.3 Å². The Morgan fingerprint density at radius 2 is 2.00 bits per heavy atom. The fourth-order valence-electron chi connectivity index (χ4n) is 5.37. The predicted molar refractivity (Wildman–Crippen MR) is 123 cm³/mol. The minimum absolute atomic E-state index is 0.0782. The van der Waals surface area contributed by atoms with Crippen LogP contribution in [0, 0.1) is 17.7 Å². The Labute approximate surface area is 196 Å². The summed E-state index contributed by atoms with van der Waals surface area (Å²) in [5, 5.41) is 0. The molecule has 0 aromatic heterocycles. The van der Waals surface area contributed by atoms with E-state index < -0.39 is 10.0 Å². The molecular formula is C24H35FN2O5S. The van der Waals surface area contributed by atoms with Gasteiger partial charge < -0.3 is 14.4 Å². The molecule has 1 N–H and O–H groups in total. The Balaban J connectivity index is 1.32. The van der Waals surface area contributed by atoms with Crippen LogP contribution in [0.2, 0.25) is 0 Å². The molecule has 2 saturated heterocycles. The summed E-state index contributed by atoms with van der Waals surface area (Å²) in [5.74, 6) is 0.525. The summed E-state index contributed by atoms with van der Waals surface area (Å²) in [5.41, 5.74) is 1.06. The van der Waals surface area contributed by atoms with Crippen molar-refractivity contribution in [2.75, 3.05) is 39.2 Å². The maximum absolute atomic E-state index is 13.6. The van der Waals surface area contributed by atoms with Crippen LogP contribution in [-0.4, -0.2) is 70.5 Å². The van der Waals surface area contributed by atoms with Gasteiger partial charge in [0.2, 0.25) is 15.9 Å². The van der Waals surface area contributed by atoms with Crippen LogP contribution in [0.3, 0.4) is 0 Å². The molecule has 33 heavy (non-hydrogen) atoms. The number of sulfonamides is 1. The molecule has 0 unspecified atom stereocenters. The zero-order chi connectivity index (χ0) is 23.4. The topological polar surface area (TPSA) is 84.9 Å². The highest BCUT2D eigenvalue weighted by Crippen LogP contribution is 2.36. The van der Waals surface area contributed by atoms with E-state index in [0.29, 0.717) is 51.2 Å². The number of carbonyl (C=O) groups excluding carboxylic acids is 1. The summed E-state index contributed by atoms with van der Waals surface area (Å²) in [4.78, 5) is 14.7. The molecule has 2 heterocycles. The van der Waals surface area contributed by atoms with Crippen LogP contribution in [0.15, 0.2) is 24.3 Å². The summed E-state index contributed by atoms with van der Waals surface area (Å²) in [7, 11) is -3.38. The Morgan fingerprint density at radius 1 is 1.21 bits per heavy atom. The number of nitrogens with zero attached hydrogens (tertiary/aromatic N) is 1. The normalized spacial score (nSPS) is 31.0. The molecule has 1 saturated carbocycles. The van der Waals surface area contributed by atoms with Crippen LogP contribution < -0.4 is 4.72 Å². The smallest absolute Gasteiger partial charge is 0.228 e. The van der Waals surface area contributed by atoms with Crippen LogP contribution in [0.5, 0.6) is 0 Å². The van der Waals surface area contributed by atoms with Crippen molar-refractivity contribution < 1.29 is 27.1 Å². The molecule has 184 valence electrons. The summed E-state index contributed by atoms with van der Waals surface area (Å²) < 4.78 is 51.7. The SMILES string of the molecule is CS(=O)(=O)N[C@H]1CCN(C(=O)[C@H]2CCOC2)C[C@H]1OCC1CCC(c2cccc(F)c2)CC1. The maximum atomic E-state index is 13.6. The number of ether oxygens (including phenoxy) is 2. The largest absolute Gasteiger partial charge is 0.381 e. The molecule has 1 amide bonds. The van der Waals surface area contributed by atoms with Crippen LogP contribution in [0.25, 0.3) is 0 Å². The minimum atomic E-state index is -3.38. The molecule has 1 aromatic carbocycles. The Hall–Kier alpha value is -1.55. The van der Waals surface area contributed by atoms with Crippen molar-refractivity contribution in [3.05, 3.63) is 35.6 Å². The fourth-order valence-corrected chi connectivity index (χ4v) is 6.19. The third-order valence-corrected chi connectivity index (χ3v) is 7.96. The molecule has 3 fully saturated rings. The van der Waals surface area contributed by atoms with Gasteiger partial charge in [0, 0.05) is 26.3 Å². The number of hydrogen-bond acceptors (Lipinski definition) is 5. The van der Waals surface area contributed by atoms with E-state index in [1.165, 1.54) is 6.07 Å². The van der Waals surface area contributed by atoms with E-state index >= 15 is 0 Å². The molecule has 0 spiro atoms. The van der Waals surface area contributed by atoms with Crippen molar-refractivity contribution in [1.29, 1.82) is 0 Å². The van der Waals surface area contributed by atoms with Gasteiger partial charge >= 0.3 is 0 Å². The Bertz CT molecular complexity index is 913. The fraction of sp³-hybridized carbons (Fsp3) is 0.708. The van der Waals surface area contributed by atoms with E-state index in [4.69, 9.17) is 9.47 Å². The number of likely N-dealkylation sites (tertiary alicyclic amines) is 1. The highest BCUT2D eigenvalue weighted by atomic mass is 32.2. The highest BCUT2D eigenvalue weighted by molar-refractivity contribution is 7.88. The number of amides is 1. The lowest BCUT2D eigenvalue weighted by atomic mass is 9.79. The molecule has 2 aliphatic heterocycles. The van der Waals surface area contributed by atoms with E-state index in [-0.39, 0.29) is 29.8 Å². The van der Waals surface area contributed by atoms with Gasteiger partial charge in [-0.3, -0.25) is 4.79 Å². The van der Waals surface area contributed by atoms with Gasteiger partial charge in [0.15, 0.2) is 0 Å². The minimum Gasteiger partial charge on any atom is -0.381 e. The van der Waals surface area contributed by atoms with Crippen molar-refractivity contribution in [2.45, 2.75) is 56.6 Å². The number of piperidine rings is 1. The molecule has 4 rings (SSSR count). The Kier molecular flexibility index (Phi) is 8.04. The average Bonchev–Trinajstić information content (AvgIpc) is 3.32. The summed E-state index contributed by atoms with van der Waals surface area (Å²) >= 11 is 0. The van der Waals surface area contributed by atoms with Gasteiger partial charge in [0.05, 0.1) is 30.9 Å². The van der Waals surface area contributed by atoms with E-state index in [1.807, 2.05) is 11.0 Å². The van der Waals surface area contributed by atoms with Crippen LogP contribution in [0.1, 0.15) is 50.0 Å². The second kappa shape index (κ2) is 10.8. The molecule has 7 nitrogen and oxygen atoms in total. The van der Waals surface area contributed by atoms with Gasteiger partial charge in [-0.1, -0.05) is 12.1 Å². The molecule has 1 aliphatic carbocycles. The zero-order valence-corrected chi connectivity index (χ0v) is 20.1. The first-order chi connectivity index (χ1) is 15.8. The predicted octanol–water partition coefficient (Wildman–Crippen LogP) is 2.67. The first kappa shape index (κ1) is 24.6. The van der Waals surface area contributed by atoms with Crippen molar-refractivity contribution in [3.8, 4) is 0 Å².